The van der Waals surface area contributed by atoms with Crippen molar-refractivity contribution in [2.75, 3.05) is 11.9 Å². The molecule has 2 aromatic carbocycles. The molecule has 5 rings (SSSR count). The summed E-state index contributed by atoms with van der Waals surface area (Å²) in [5, 5.41) is 5.79. The van der Waals surface area contributed by atoms with Gasteiger partial charge in [0, 0.05) is 35.0 Å². The van der Waals surface area contributed by atoms with Crippen molar-refractivity contribution in [3.8, 4) is 0 Å². The van der Waals surface area contributed by atoms with Gasteiger partial charge in [0.25, 0.3) is 5.56 Å². The zero-order chi connectivity index (χ0) is 23.2. The van der Waals surface area contributed by atoms with Gasteiger partial charge < -0.3 is 10.3 Å². The second-order valence-electron chi connectivity index (χ2n) is 7.59. The number of benzene rings is 2. The fourth-order valence-electron chi connectivity index (χ4n) is 3.77. The summed E-state index contributed by atoms with van der Waals surface area (Å²) in [6, 6.07) is 10.1. The van der Waals surface area contributed by atoms with Gasteiger partial charge in [-0.05, 0) is 30.5 Å². The first-order valence-corrected chi connectivity index (χ1v) is 10.9. The number of rotatable bonds is 5. The van der Waals surface area contributed by atoms with E-state index in [1.54, 1.807) is 0 Å². The third kappa shape index (κ3) is 4.13. The zero-order valence-corrected chi connectivity index (χ0v) is 17.8. The summed E-state index contributed by atoms with van der Waals surface area (Å²) < 4.78 is 52.4. The van der Waals surface area contributed by atoms with Gasteiger partial charge in [0.15, 0.2) is 5.13 Å². The molecule has 5 aromatic rings. The van der Waals surface area contributed by atoms with Gasteiger partial charge in [0.1, 0.15) is 5.52 Å². The number of hydrogen-bond acceptors (Lipinski definition) is 5. The van der Waals surface area contributed by atoms with E-state index in [4.69, 9.17) is 0 Å². The molecule has 0 spiro atoms. The average molecular weight is 472 g/mol. The van der Waals surface area contributed by atoms with Gasteiger partial charge in [-0.2, -0.15) is 17.6 Å². The van der Waals surface area contributed by atoms with Gasteiger partial charge in [-0.25, -0.2) is 9.97 Å². The molecule has 0 atom stereocenters. The lowest BCUT2D eigenvalue weighted by Crippen LogP contribution is -2.07. The van der Waals surface area contributed by atoms with Crippen LogP contribution in [-0.4, -0.2) is 21.5 Å². The number of anilines is 1. The Morgan fingerprint density at radius 3 is 2.61 bits per heavy atom. The lowest BCUT2D eigenvalue weighted by molar-refractivity contribution is -0.137. The second-order valence-corrected chi connectivity index (χ2v) is 8.59. The van der Waals surface area contributed by atoms with Crippen LogP contribution in [0.1, 0.15) is 17.5 Å². The Morgan fingerprint density at radius 2 is 1.85 bits per heavy atom. The molecule has 0 unspecified atom stereocenters. The smallest absolute Gasteiger partial charge is 0.361 e. The number of fused-ring (bicyclic) bond motifs is 5. The SMILES string of the molecule is O=c1[nH]c2c3cc(F)ncc3ccc2c2sc(NCCCc3ccc(C(F)(F)F)cc3)nc12. The number of pyridine rings is 2. The fraction of sp³-hybridized carbons (Fsp3) is 0.174. The van der Waals surface area contributed by atoms with Crippen LogP contribution >= 0.6 is 11.3 Å². The Kier molecular flexibility index (Phi) is 5.24. The Hall–Kier alpha value is -3.53. The molecule has 10 heteroatoms. The number of H-pyrrole nitrogens is 1. The normalized spacial score (nSPS) is 12.1. The minimum absolute atomic E-state index is 0.298. The Balaban J connectivity index is 1.35. The number of aromatic amines is 1. The van der Waals surface area contributed by atoms with Crippen LogP contribution in [0.15, 0.2) is 53.5 Å². The van der Waals surface area contributed by atoms with Crippen molar-refractivity contribution >= 4 is 48.4 Å². The van der Waals surface area contributed by atoms with E-state index in [9.17, 15) is 22.4 Å². The number of nitrogens with one attached hydrogen (secondary N) is 2. The number of halogens is 4. The Labute approximate surface area is 188 Å². The van der Waals surface area contributed by atoms with Gasteiger partial charge in [0.2, 0.25) is 5.95 Å². The van der Waals surface area contributed by atoms with Crippen molar-refractivity contribution in [3.63, 3.8) is 0 Å². The van der Waals surface area contributed by atoms with E-state index in [-0.39, 0.29) is 5.56 Å². The fourth-order valence-corrected chi connectivity index (χ4v) is 4.79. The summed E-state index contributed by atoms with van der Waals surface area (Å²) in [6.07, 6.45) is -1.64. The highest BCUT2D eigenvalue weighted by Crippen LogP contribution is 2.33. The van der Waals surface area contributed by atoms with E-state index in [0.29, 0.717) is 51.0 Å². The highest BCUT2D eigenvalue weighted by molar-refractivity contribution is 7.23. The number of thiazole rings is 1. The quantitative estimate of drug-likeness (QED) is 0.145. The predicted molar refractivity (Wildman–Crippen MR) is 121 cm³/mol. The molecule has 0 aliphatic rings. The third-order valence-corrected chi connectivity index (χ3v) is 6.44. The number of hydrogen-bond donors (Lipinski definition) is 2. The third-order valence-electron chi connectivity index (χ3n) is 5.39. The molecule has 0 radical (unpaired) electrons. The first kappa shape index (κ1) is 21.3. The highest BCUT2D eigenvalue weighted by atomic mass is 32.1. The van der Waals surface area contributed by atoms with Crippen LogP contribution in [0.25, 0.3) is 31.9 Å². The van der Waals surface area contributed by atoms with Crippen LogP contribution in [-0.2, 0) is 12.6 Å². The van der Waals surface area contributed by atoms with E-state index in [0.717, 1.165) is 23.1 Å². The van der Waals surface area contributed by atoms with Crippen molar-refractivity contribution in [1.82, 2.24) is 15.0 Å². The molecule has 33 heavy (non-hydrogen) atoms. The topological polar surface area (TPSA) is 70.7 Å². The van der Waals surface area contributed by atoms with Crippen molar-refractivity contribution < 1.29 is 17.6 Å². The Bertz CT molecular complexity index is 1540. The number of alkyl halides is 3. The molecule has 0 saturated heterocycles. The van der Waals surface area contributed by atoms with E-state index in [2.05, 4.69) is 20.3 Å². The van der Waals surface area contributed by atoms with E-state index >= 15 is 0 Å². The minimum Gasteiger partial charge on any atom is -0.361 e. The summed E-state index contributed by atoms with van der Waals surface area (Å²) >= 11 is 1.33. The lowest BCUT2D eigenvalue weighted by atomic mass is 10.1. The number of nitrogens with zero attached hydrogens (tertiary/aromatic N) is 2. The molecular formula is C23H16F4N4OS. The molecule has 2 N–H and O–H groups in total. The highest BCUT2D eigenvalue weighted by Gasteiger charge is 2.29. The molecule has 168 valence electrons. The summed E-state index contributed by atoms with van der Waals surface area (Å²) in [7, 11) is 0. The molecule has 0 amide bonds. The maximum absolute atomic E-state index is 13.7. The first-order chi connectivity index (χ1) is 15.8. The van der Waals surface area contributed by atoms with Crippen LogP contribution in [0.2, 0.25) is 0 Å². The predicted octanol–water partition coefficient (Wildman–Crippen LogP) is 5.89. The second kappa shape index (κ2) is 8.11. The molecule has 0 aliphatic heterocycles. The maximum atomic E-state index is 13.7. The number of aromatic nitrogens is 3. The molecule has 3 aromatic heterocycles. The van der Waals surface area contributed by atoms with Crippen molar-refractivity contribution in [3.05, 3.63) is 76.1 Å². The van der Waals surface area contributed by atoms with Crippen molar-refractivity contribution in [1.29, 1.82) is 0 Å². The standard InChI is InChI=1S/C23H16F4N4OS/c24-17-10-16-13(11-29-17)5-8-15-18(16)30-21(32)19-20(15)33-22(31-19)28-9-1-2-12-3-6-14(7-4-12)23(25,26)27/h3-8,10-11H,1-2,9H2,(H,28,31)(H,30,32). The summed E-state index contributed by atoms with van der Waals surface area (Å²) in [6.45, 7) is 0.538. The molecule has 5 nitrogen and oxygen atoms in total. The molecule has 0 bridgehead atoms. The van der Waals surface area contributed by atoms with Crippen LogP contribution in [0.3, 0.4) is 0 Å². The summed E-state index contributed by atoms with van der Waals surface area (Å²) in [4.78, 5) is 23.5. The Morgan fingerprint density at radius 1 is 1.06 bits per heavy atom. The average Bonchev–Trinajstić information content (AvgIpc) is 3.22. The first-order valence-electron chi connectivity index (χ1n) is 10.1. The van der Waals surface area contributed by atoms with Crippen LogP contribution in [0.4, 0.5) is 22.7 Å². The van der Waals surface area contributed by atoms with Crippen LogP contribution in [0.5, 0.6) is 0 Å². The van der Waals surface area contributed by atoms with Gasteiger partial charge in [-0.15, -0.1) is 0 Å². The van der Waals surface area contributed by atoms with E-state index < -0.39 is 17.7 Å². The van der Waals surface area contributed by atoms with Gasteiger partial charge >= 0.3 is 6.18 Å². The van der Waals surface area contributed by atoms with Crippen molar-refractivity contribution in [2.45, 2.75) is 19.0 Å². The lowest BCUT2D eigenvalue weighted by Gasteiger charge is -2.07. The van der Waals surface area contributed by atoms with Crippen LogP contribution < -0.4 is 10.9 Å². The van der Waals surface area contributed by atoms with Crippen molar-refractivity contribution in [2.24, 2.45) is 0 Å². The monoisotopic (exact) mass is 472 g/mol. The zero-order valence-electron chi connectivity index (χ0n) is 17.0. The van der Waals surface area contributed by atoms with E-state index in [1.807, 2.05) is 12.1 Å². The van der Waals surface area contributed by atoms with Gasteiger partial charge in [0.05, 0.1) is 15.8 Å². The molecule has 0 saturated carbocycles. The largest absolute Gasteiger partial charge is 0.416 e. The molecule has 0 aliphatic carbocycles. The van der Waals surface area contributed by atoms with Gasteiger partial charge in [-0.3, -0.25) is 4.79 Å². The summed E-state index contributed by atoms with van der Waals surface area (Å²) in [5.74, 6) is -0.629. The van der Waals surface area contributed by atoms with Gasteiger partial charge in [-0.1, -0.05) is 35.6 Å². The molecule has 3 heterocycles. The minimum atomic E-state index is -4.34. The molecular weight excluding hydrogens is 456 g/mol. The summed E-state index contributed by atoms with van der Waals surface area (Å²) in [5.41, 5.74) is 0.611. The van der Waals surface area contributed by atoms with E-state index in [1.165, 1.54) is 35.7 Å². The van der Waals surface area contributed by atoms with Crippen LogP contribution in [0, 0.1) is 5.95 Å². The number of aryl methyl sites for hydroxylation is 1. The maximum Gasteiger partial charge on any atom is 0.416 e. The molecule has 0 fully saturated rings.